The van der Waals surface area contributed by atoms with Gasteiger partial charge in [0.15, 0.2) is 5.82 Å². The Morgan fingerprint density at radius 1 is 1.33 bits per heavy atom. The molecule has 1 saturated carbocycles. The summed E-state index contributed by atoms with van der Waals surface area (Å²) in [6, 6.07) is 0. The number of carbonyl (C=O) groups is 1. The van der Waals surface area contributed by atoms with E-state index in [1.165, 1.54) is 19.8 Å². The number of hydrogen-bond donors (Lipinski definition) is 0. The first-order chi connectivity index (χ1) is 7.16. The molecule has 0 N–H and O–H groups in total. The normalized spacial score (nSPS) is 26.5. The highest BCUT2D eigenvalue weighted by molar-refractivity contribution is 5.89. The van der Waals surface area contributed by atoms with Crippen LogP contribution in [-0.4, -0.2) is 15.9 Å². The molecule has 1 aromatic rings. The third-order valence-corrected chi connectivity index (χ3v) is 3.12. The van der Waals surface area contributed by atoms with Gasteiger partial charge >= 0.3 is 0 Å². The van der Waals surface area contributed by atoms with Gasteiger partial charge in [-0.1, -0.05) is 24.9 Å². The zero-order valence-corrected chi connectivity index (χ0v) is 9.19. The summed E-state index contributed by atoms with van der Waals surface area (Å²) in [7, 11) is 0. The van der Waals surface area contributed by atoms with Gasteiger partial charge in [-0.05, 0) is 18.8 Å². The number of carbonyl (C=O) groups excluding carboxylic acids is 1. The van der Waals surface area contributed by atoms with Crippen molar-refractivity contribution in [1.82, 2.24) is 10.1 Å². The molecular weight excluding hydrogens is 192 g/mol. The summed E-state index contributed by atoms with van der Waals surface area (Å²) in [5, 5.41) is 3.88. The molecule has 0 spiro atoms. The second-order valence-corrected chi connectivity index (χ2v) is 4.47. The van der Waals surface area contributed by atoms with Crippen molar-refractivity contribution in [2.24, 2.45) is 5.92 Å². The van der Waals surface area contributed by atoms with Crippen LogP contribution in [0, 0.1) is 5.92 Å². The largest absolute Gasteiger partial charge is 0.331 e. The molecule has 0 saturated heterocycles. The van der Waals surface area contributed by atoms with Crippen LogP contribution in [0.5, 0.6) is 0 Å². The molecular formula is C11H16N2O2. The molecule has 0 amide bonds. The Balaban J connectivity index is 2.06. The lowest BCUT2D eigenvalue weighted by Gasteiger charge is -2.23. The molecule has 1 aliphatic rings. The first-order valence-corrected chi connectivity index (χ1v) is 5.51. The molecule has 0 aromatic carbocycles. The van der Waals surface area contributed by atoms with E-state index < -0.39 is 0 Å². The summed E-state index contributed by atoms with van der Waals surface area (Å²) in [5.41, 5.74) is 0. The molecule has 15 heavy (non-hydrogen) atoms. The Bertz CT molecular complexity index is 351. The van der Waals surface area contributed by atoms with Crippen molar-refractivity contribution in [2.45, 2.75) is 45.4 Å². The second kappa shape index (κ2) is 4.13. The summed E-state index contributed by atoms with van der Waals surface area (Å²) in [4.78, 5) is 15.1. The number of rotatable bonds is 2. The fourth-order valence-corrected chi connectivity index (χ4v) is 2.06. The number of nitrogens with zero attached hydrogens (tertiary/aromatic N) is 2. The van der Waals surface area contributed by atoms with Crippen molar-refractivity contribution < 1.29 is 9.32 Å². The van der Waals surface area contributed by atoms with Gasteiger partial charge in [0, 0.05) is 12.8 Å². The van der Waals surface area contributed by atoms with Crippen LogP contribution >= 0.6 is 0 Å². The topological polar surface area (TPSA) is 56.0 Å². The minimum atomic E-state index is -0.155. The van der Waals surface area contributed by atoms with Gasteiger partial charge in [0.2, 0.25) is 5.78 Å². The smallest absolute Gasteiger partial charge is 0.293 e. The lowest BCUT2D eigenvalue weighted by atomic mass is 9.83. The molecule has 1 fully saturated rings. The Labute approximate surface area is 89.1 Å². The molecule has 2 rings (SSSR count). The molecule has 0 unspecified atom stereocenters. The number of aromatic nitrogens is 2. The van der Waals surface area contributed by atoms with Crippen molar-refractivity contribution in [3.8, 4) is 0 Å². The van der Waals surface area contributed by atoms with E-state index in [0.29, 0.717) is 11.7 Å². The molecule has 82 valence electrons. The minimum absolute atomic E-state index is 0.142. The van der Waals surface area contributed by atoms with Crippen LogP contribution in [0.3, 0.4) is 0 Å². The number of Topliss-reactive ketones (excluding diaryl/α,β-unsaturated/α-hetero) is 1. The van der Waals surface area contributed by atoms with E-state index in [9.17, 15) is 4.79 Å². The van der Waals surface area contributed by atoms with Crippen molar-refractivity contribution >= 4 is 5.78 Å². The predicted molar refractivity (Wildman–Crippen MR) is 54.7 cm³/mol. The molecule has 0 atom stereocenters. The van der Waals surface area contributed by atoms with Gasteiger partial charge in [-0.15, -0.1) is 0 Å². The van der Waals surface area contributed by atoms with E-state index in [4.69, 9.17) is 4.52 Å². The summed E-state index contributed by atoms with van der Waals surface area (Å²) in [5.74, 6) is 1.90. The monoisotopic (exact) mass is 208 g/mol. The van der Waals surface area contributed by atoms with Gasteiger partial charge in [0.1, 0.15) is 0 Å². The third kappa shape index (κ3) is 2.25. The van der Waals surface area contributed by atoms with Crippen LogP contribution in [0.15, 0.2) is 4.52 Å². The molecule has 0 aliphatic heterocycles. The number of ketones is 1. The Kier molecular flexibility index (Phi) is 2.84. The Hall–Kier alpha value is -1.19. The zero-order valence-electron chi connectivity index (χ0n) is 9.19. The third-order valence-electron chi connectivity index (χ3n) is 3.12. The maximum atomic E-state index is 11.0. The van der Waals surface area contributed by atoms with Gasteiger partial charge in [0.05, 0.1) is 0 Å². The highest BCUT2D eigenvalue weighted by Crippen LogP contribution is 2.33. The first-order valence-electron chi connectivity index (χ1n) is 5.51. The van der Waals surface area contributed by atoms with Crippen LogP contribution in [-0.2, 0) is 0 Å². The van der Waals surface area contributed by atoms with Gasteiger partial charge in [-0.3, -0.25) is 4.79 Å². The highest BCUT2D eigenvalue weighted by atomic mass is 16.5. The van der Waals surface area contributed by atoms with Crippen LogP contribution in [0.1, 0.15) is 62.0 Å². The van der Waals surface area contributed by atoms with Crippen LogP contribution < -0.4 is 0 Å². The summed E-state index contributed by atoms with van der Waals surface area (Å²) in [6.45, 7) is 3.72. The highest BCUT2D eigenvalue weighted by Gasteiger charge is 2.24. The molecule has 4 heteroatoms. The van der Waals surface area contributed by atoms with Gasteiger partial charge in [-0.2, -0.15) is 4.98 Å². The predicted octanol–water partition coefficient (Wildman–Crippen LogP) is 2.57. The minimum Gasteiger partial charge on any atom is -0.331 e. The van der Waals surface area contributed by atoms with E-state index in [-0.39, 0.29) is 11.7 Å². The van der Waals surface area contributed by atoms with E-state index in [1.54, 1.807) is 0 Å². The van der Waals surface area contributed by atoms with Gasteiger partial charge in [0.25, 0.3) is 5.89 Å². The average Bonchev–Trinajstić information content (AvgIpc) is 2.68. The fraction of sp³-hybridized carbons (Fsp3) is 0.727. The van der Waals surface area contributed by atoms with Crippen molar-refractivity contribution in [3.63, 3.8) is 0 Å². The summed E-state index contributed by atoms with van der Waals surface area (Å²) in [6.07, 6.45) is 4.65. The van der Waals surface area contributed by atoms with Gasteiger partial charge in [-0.25, -0.2) is 0 Å². The van der Waals surface area contributed by atoms with Crippen molar-refractivity contribution in [3.05, 3.63) is 11.7 Å². The molecule has 0 radical (unpaired) electrons. The number of hydrogen-bond acceptors (Lipinski definition) is 4. The van der Waals surface area contributed by atoms with Crippen LogP contribution in [0.25, 0.3) is 0 Å². The SMILES string of the molecule is CC(=O)c1nc(C2CCC(C)CC2)no1. The molecule has 4 nitrogen and oxygen atoms in total. The molecule has 1 aromatic heterocycles. The maximum absolute atomic E-state index is 11.0. The molecule has 0 bridgehead atoms. The van der Waals surface area contributed by atoms with Crippen molar-refractivity contribution in [1.29, 1.82) is 0 Å². The Morgan fingerprint density at radius 3 is 2.53 bits per heavy atom. The van der Waals surface area contributed by atoms with Crippen molar-refractivity contribution in [2.75, 3.05) is 0 Å². The quantitative estimate of drug-likeness (QED) is 0.701. The summed E-state index contributed by atoms with van der Waals surface area (Å²) < 4.78 is 4.90. The van der Waals surface area contributed by atoms with Crippen LogP contribution in [0.4, 0.5) is 0 Å². The Morgan fingerprint density at radius 2 is 2.00 bits per heavy atom. The van der Waals surface area contributed by atoms with E-state index in [0.717, 1.165) is 18.8 Å². The van der Waals surface area contributed by atoms with E-state index in [2.05, 4.69) is 17.1 Å². The fourth-order valence-electron chi connectivity index (χ4n) is 2.06. The van der Waals surface area contributed by atoms with E-state index >= 15 is 0 Å². The average molecular weight is 208 g/mol. The van der Waals surface area contributed by atoms with Crippen LogP contribution in [0.2, 0.25) is 0 Å². The zero-order chi connectivity index (χ0) is 10.8. The lowest BCUT2D eigenvalue weighted by molar-refractivity contribution is 0.0972. The summed E-state index contributed by atoms with van der Waals surface area (Å²) >= 11 is 0. The lowest BCUT2D eigenvalue weighted by Crippen LogP contribution is -2.12. The second-order valence-electron chi connectivity index (χ2n) is 4.47. The van der Waals surface area contributed by atoms with E-state index in [1.807, 2.05) is 0 Å². The standard InChI is InChI=1S/C11H16N2O2/c1-7-3-5-9(6-4-7)10-12-11(8(2)14)15-13-10/h7,9H,3-6H2,1-2H3. The maximum Gasteiger partial charge on any atom is 0.293 e. The van der Waals surface area contributed by atoms with Gasteiger partial charge < -0.3 is 4.52 Å². The molecule has 1 aliphatic carbocycles. The molecule has 1 heterocycles. The first kappa shape index (κ1) is 10.3.